The molecule has 0 saturated heterocycles. The Morgan fingerprint density at radius 1 is 1.00 bits per heavy atom. The highest BCUT2D eigenvalue weighted by molar-refractivity contribution is 5.96. The average molecular weight is 265 g/mol. The van der Waals surface area contributed by atoms with Crippen molar-refractivity contribution in [2.75, 3.05) is 4.90 Å². The Bertz CT molecular complexity index is 671. The van der Waals surface area contributed by atoms with Crippen LogP contribution in [0.25, 0.3) is 0 Å². The van der Waals surface area contributed by atoms with E-state index < -0.39 is 0 Å². The van der Waals surface area contributed by atoms with Gasteiger partial charge in [-0.15, -0.1) is 0 Å². The molecule has 1 aliphatic heterocycles. The molecule has 0 amide bonds. The Kier molecular flexibility index (Phi) is 3.09. The number of hydrogen-bond donors (Lipinski definition) is 0. The summed E-state index contributed by atoms with van der Waals surface area (Å²) in [6.45, 7) is 7.63. The third kappa shape index (κ3) is 2.11. The van der Waals surface area contributed by atoms with Gasteiger partial charge in [-0.3, -0.25) is 4.79 Å². The molecule has 0 aromatic heterocycles. The van der Waals surface area contributed by atoms with Gasteiger partial charge in [0.1, 0.15) is 0 Å². The van der Waals surface area contributed by atoms with Crippen LogP contribution in [0.5, 0.6) is 0 Å². The van der Waals surface area contributed by atoms with Gasteiger partial charge in [0, 0.05) is 24.3 Å². The van der Waals surface area contributed by atoms with Crippen molar-refractivity contribution < 1.29 is 4.79 Å². The molecule has 2 nitrogen and oxygen atoms in total. The first-order valence-electron chi connectivity index (χ1n) is 7.00. The second kappa shape index (κ2) is 4.78. The normalized spacial score (nSPS) is 13.4. The van der Waals surface area contributed by atoms with Gasteiger partial charge in [-0.2, -0.15) is 0 Å². The summed E-state index contributed by atoms with van der Waals surface area (Å²) in [7, 11) is 0. The highest BCUT2D eigenvalue weighted by atomic mass is 16.1. The summed E-state index contributed by atoms with van der Waals surface area (Å²) in [5, 5.41) is 0. The van der Waals surface area contributed by atoms with Crippen molar-refractivity contribution in [2.45, 2.75) is 33.9 Å². The number of carbonyl (C=O) groups excluding carboxylic acids is 1. The minimum atomic E-state index is 0.152. The van der Waals surface area contributed by atoms with Crippen LogP contribution in [0.2, 0.25) is 0 Å². The molecule has 0 radical (unpaired) electrons. The summed E-state index contributed by atoms with van der Waals surface area (Å²) in [5.74, 6) is 0.152. The first kappa shape index (κ1) is 12.9. The van der Waals surface area contributed by atoms with Crippen LogP contribution in [-0.4, -0.2) is 5.78 Å². The molecular weight excluding hydrogens is 246 g/mol. The number of carbonyl (C=O) groups is 1. The van der Waals surface area contributed by atoms with Crippen molar-refractivity contribution in [2.24, 2.45) is 0 Å². The summed E-state index contributed by atoms with van der Waals surface area (Å²) in [4.78, 5) is 14.0. The fourth-order valence-electron chi connectivity index (χ4n) is 2.95. The Labute approximate surface area is 120 Å². The molecule has 20 heavy (non-hydrogen) atoms. The van der Waals surface area contributed by atoms with Gasteiger partial charge in [-0.25, -0.2) is 0 Å². The molecule has 0 bridgehead atoms. The maximum absolute atomic E-state index is 11.6. The van der Waals surface area contributed by atoms with Gasteiger partial charge in [0.25, 0.3) is 0 Å². The van der Waals surface area contributed by atoms with E-state index in [9.17, 15) is 4.79 Å². The van der Waals surface area contributed by atoms with E-state index in [-0.39, 0.29) is 5.78 Å². The summed E-state index contributed by atoms with van der Waals surface area (Å²) in [6.07, 6.45) is 0. The number of rotatable bonds is 2. The molecule has 0 fully saturated rings. The zero-order chi connectivity index (χ0) is 14.3. The molecule has 0 saturated carbocycles. The lowest BCUT2D eigenvalue weighted by Crippen LogP contribution is -2.14. The molecule has 3 rings (SSSR count). The molecule has 1 heterocycles. The maximum Gasteiger partial charge on any atom is 0.160 e. The van der Waals surface area contributed by atoms with E-state index in [4.69, 9.17) is 0 Å². The van der Waals surface area contributed by atoms with Crippen molar-refractivity contribution in [1.82, 2.24) is 0 Å². The monoisotopic (exact) mass is 265 g/mol. The van der Waals surface area contributed by atoms with Crippen LogP contribution in [0.1, 0.15) is 39.5 Å². The highest BCUT2D eigenvalue weighted by Gasteiger charge is 2.22. The van der Waals surface area contributed by atoms with Crippen molar-refractivity contribution in [3.8, 4) is 0 Å². The quantitative estimate of drug-likeness (QED) is 0.764. The number of nitrogens with zero attached hydrogens (tertiary/aromatic N) is 1. The van der Waals surface area contributed by atoms with Gasteiger partial charge in [0.15, 0.2) is 5.78 Å². The van der Waals surface area contributed by atoms with Crippen LogP contribution in [0.15, 0.2) is 36.4 Å². The molecule has 0 N–H and O–H groups in total. The largest absolute Gasteiger partial charge is 0.363 e. The van der Waals surface area contributed by atoms with Gasteiger partial charge in [-0.05, 0) is 49.6 Å². The second-order valence-corrected chi connectivity index (χ2v) is 5.62. The third-order valence-corrected chi connectivity index (χ3v) is 4.18. The van der Waals surface area contributed by atoms with Gasteiger partial charge >= 0.3 is 0 Å². The van der Waals surface area contributed by atoms with Crippen molar-refractivity contribution in [3.63, 3.8) is 0 Å². The minimum absolute atomic E-state index is 0.152. The number of aryl methyl sites for hydroxylation is 1. The average Bonchev–Trinajstić information content (AvgIpc) is 2.84. The molecule has 0 unspecified atom stereocenters. The Hall–Kier alpha value is -2.09. The molecular formula is C18H19NO. The first-order valence-corrected chi connectivity index (χ1v) is 7.00. The van der Waals surface area contributed by atoms with Crippen molar-refractivity contribution in [1.29, 1.82) is 0 Å². The van der Waals surface area contributed by atoms with E-state index in [2.05, 4.69) is 49.1 Å². The molecule has 0 spiro atoms. The standard InChI is InChI=1S/C18H19NO/c1-12-4-7-16(8-5-12)19-10-15-6-9-17(14(3)20)13(2)18(15)11-19/h4-9H,10-11H2,1-3H3. The van der Waals surface area contributed by atoms with Crippen LogP contribution in [-0.2, 0) is 13.1 Å². The second-order valence-electron chi connectivity index (χ2n) is 5.62. The summed E-state index contributed by atoms with van der Waals surface area (Å²) < 4.78 is 0. The lowest BCUT2D eigenvalue weighted by molar-refractivity contribution is 0.101. The van der Waals surface area contributed by atoms with E-state index in [0.29, 0.717) is 0 Å². The number of benzene rings is 2. The van der Waals surface area contributed by atoms with E-state index in [1.165, 1.54) is 22.4 Å². The topological polar surface area (TPSA) is 20.3 Å². The van der Waals surface area contributed by atoms with E-state index >= 15 is 0 Å². The first-order chi connectivity index (χ1) is 9.56. The number of ketones is 1. The van der Waals surface area contributed by atoms with Crippen LogP contribution in [0.3, 0.4) is 0 Å². The smallest absolute Gasteiger partial charge is 0.160 e. The maximum atomic E-state index is 11.6. The fourth-order valence-corrected chi connectivity index (χ4v) is 2.95. The molecule has 1 aliphatic rings. The Balaban J connectivity index is 1.94. The van der Waals surface area contributed by atoms with E-state index in [1.807, 2.05) is 6.07 Å². The summed E-state index contributed by atoms with van der Waals surface area (Å²) in [5.41, 5.74) is 7.18. The van der Waals surface area contributed by atoms with Crippen molar-refractivity contribution in [3.05, 3.63) is 64.2 Å². The fraction of sp³-hybridized carbons (Fsp3) is 0.278. The molecule has 2 aromatic carbocycles. The predicted octanol–water partition coefficient (Wildman–Crippen LogP) is 4.03. The minimum Gasteiger partial charge on any atom is -0.363 e. The van der Waals surface area contributed by atoms with E-state index in [1.54, 1.807) is 6.92 Å². The predicted molar refractivity (Wildman–Crippen MR) is 82.2 cm³/mol. The van der Waals surface area contributed by atoms with Gasteiger partial charge in [0.05, 0.1) is 0 Å². The summed E-state index contributed by atoms with van der Waals surface area (Å²) >= 11 is 0. The molecule has 2 aromatic rings. The van der Waals surface area contributed by atoms with Crippen LogP contribution in [0, 0.1) is 13.8 Å². The lowest BCUT2D eigenvalue weighted by Gasteiger charge is -2.18. The van der Waals surface area contributed by atoms with Gasteiger partial charge in [0.2, 0.25) is 0 Å². The van der Waals surface area contributed by atoms with E-state index in [0.717, 1.165) is 24.2 Å². The molecule has 0 atom stereocenters. The van der Waals surface area contributed by atoms with Gasteiger partial charge in [-0.1, -0.05) is 29.8 Å². The molecule has 0 aliphatic carbocycles. The SMILES string of the molecule is CC(=O)c1ccc2c(c1C)CN(c1ccc(C)cc1)C2. The number of hydrogen-bond acceptors (Lipinski definition) is 2. The van der Waals surface area contributed by atoms with Crippen LogP contribution in [0.4, 0.5) is 5.69 Å². The zero-order valence-corrected chi connectivity index (χ0v) is 12.2. The van der Waals surface area contributed by atoms with Crippen LogP contribution >= 0.6 is 0 Å². The lowest BCUT2D eigenvalue weighted by atomic mass is 9.97. The number of fused-ring (bicyclic) bond motifs is 1. The Morgan fingerprint density at radius 2 is 1.70 bits per heavy atom. The molecule has 2 heteroatoms. The Morgan fingerprint density at radius 3 is 2.35 bits per heavy atom. The molecule has 102 valence electrons. The van der Waals surface area contributed by atoms with Crippen molar-refractivity contribution >= 4 is 11.5 Å². The number of anilines is 1. The third-order valence-electron chi connectivity index (χ3n) is 4.18. The zero-order valence-electron chi connectivity index (χ0n) is 12.2. The summed E-state index contributed by atoms with van der Waals surface area (Å²) in [6, 6.07) is 12.7. The van der Waals surface area contributed by atoms with Crippen LogP contribution < -0.4 is 4.90 Å². The van der Waals surface area contributed by atoms with Gasteiger partial charge < -0.3 is 4.90 Å². The highest BCUT2D eigenvalue weighted by Crippen LogP contribution is 2.31. The number of Topliss-reactive ketones (excluding diaryl/α,β-unsaturated/α-hetero) is 1.